The first kappa shape index (κ1) is 27.7. The molecular formula is C16H27N5O10. The third kappa shape index (κ3) is 10.9. The lowest BCUT2D eigenvalue weighted by Crippen LogP contribution is -2.58. The van der Waals surface area contributed by atoms with E-state index in [1.54, 1.807) is 0 Å². The van der Waals surface area contributed by atoms with Crippen molar-refractivity contribution in [3.8, 4) is 0 Å². The van der Waals surface area contributed by atoms with E-state index in [4.69, 9.17) is 26.8 Å². The topological polar surface area (TPSA) is 271 Å². The molecule has 0 aliphatic carbocycles. The second-order valence-electron chi connectivity index (χ2n) is 6.43. The Labute approximate surface area is 176 Å². The Hall–Kier alpha value is -3.30. The van der Waals surface area contributed by atoms with E-state index in [0.29, 0.717) is 0 Å². The minimum Gasteiger partial charge on any atom is -0.481 e. The Morgan fingerprint density at radius 1 is 0.710 bits per heavy atom. The molecule has 0 aliphatic heterocycles. The fraction of sp³-hybridized carbons (Fsp3) is 0.625. The number of carbonyl (C=O) groups excluding carboxylic acids is 4. The number of rotatable bonds is 15. The minimum atomic E-state index is -1.70. The molecule has 0 fully saturated rings. The summed E-state index contributed by atoms with van der Waals surface area (Å²) < 4.78 is 0. The average Bonchev–Trinajstić information content (AvgIpc) is 2.70. The summed E-state index contributed by atoms with van der Waals surface area (Å²) in [4.78, 5) is 69.1. The van der Waals surface area contributed by atoms with E-state index in [-0.39, 0.29) is 12.8 Å². The molecule has 0 aromatic rings. The van der Waals surface area contributed by atoms with Gasteiger partial charge >= 0.3 is 11.9 Å². The number of nitrogens with one attached hydrogen (secondary N) is 3. The SMILES string of the molecule is NC(=O)CCC(N)C(=O)NC(CO)C(=O)NC(CCC(=O)O)C(=O)NC(CO)C(=O)O. The molecule has 11 N–H and O–H groups in total. The summed E-state index contributed by atoms with van der Waals surface area (Å²) in [5.41, 5.74) is 10.5. The summed E-state index contributed by atoms with van der Waals surface area (Å²) in [6, 6.07) is -6.05. The van der Waals surface area contributed by atoms with Gasteiger partial charge in [0.1, 0.15) is 18.1 Å². The lowest BCUT2D eigenvalue weighted by atomic mass is 10.1. The van der Waals surface area contributed by atoms with Crippen molar-refractivity contribution in [3.63, 3.8) is 0 Å². The molecule has 0 rings (SSSR count). The van der Waals surface area contributed by atoms with Crippen LogP contribution < -0.4 is 27.4 Å². The normalized spacial score (nSPS) is 14.4. The summed E-state index contributed by atoms with van der Waals surface area (Å²) in [6.45, 7) is -1.87. The molecule has 15 heteroatoms. The highest BCUT2D eigenvalue weighted by molar-refractivity contribution is 5.94. The third-order valence-corrected chi connectivity index (χ3v) is 3.93. The Morgan fingerprint density at radius 2 is 1.19 bits per heavy atom. The molecule has 0 bridgehead atoms. The maximum absolute atomic E-state index is 12.4. The van der Waals surface area contributed by atoms with Crippen LogP contribution in [-0.2, 0) is 28.8 Å². The van der Waals surface area contributed by atoms with Crippen molar-refractivity contribution in [2.45, 2.75) is 49.9 Å². The Bertz CT molecular complexity index is 686. The van der Waals surface area contributed by atoms with Gasteiger partial charge in [0.2, 0.25) is 23.6 Å². The maximum atomic E-state index is 12.4. The molecule has 0 saturated carbocycles. The number of nitrogens with two attached hydrogens (primary N) is 2. The molecule has 0 heterocycles. The van der Waals surface area contributed by atoms with Gasteiger partial charge in [-0.2, -0.15) is 0 Å². The van der Waals surface area contributed by atoms with Crippen LogP contribution in [0.15, 0.2) is 0 Å². The van der Waals surface area contributed by atoms with Crippen LogP contribution in [0.25, 0.3) is 0 Å². The number of aliphatic hydroxyl groups is 2. The number of amides is 4. The molecular weight excluding hydrogens is 422 g/mol. The van der Waals surface area contributed by atoms with E-state index in [1.165, 1.54) is 0 Å². The Morgan fingerprint density at radius 3 is 1.65 bits per heavy atom. The number of primary amides is 1. The fourth-order valence-electron chi connectivity index (χ4n) is 2.17. The van der Waals surface area contributed by atoms with Crippen molar-refractivity contribution in [1.29, 1.82) is 0 Å². The quantitative estimate of drug-likeness (QED) is 0.114. The summed E-state index contributed by atoms with van der Waals surface area (Å²) in [5.74, 6) is -6.65. The maximum Gasteiger partial charge on any atom is 0.328 e. The van der Waals surface area contributed by atoms with Gasteiger partial charge < -0.3 is 47.8 Å². The number of hydrogen-bond acceptors (Lipinski definition) is 9. The predicted molar refractivity (Wildman–Crippen MR) is 101 cm³/mol. The first-order chi connectivity index (χ1) is 14.4. The average molecular weight is 449 g/mol. The molecule has 4 atom stereocenters. The largest absolute Gasteiger partial charge is 0.481 e. The van der Waals surface area contributed by atoms with Gasteiger partial charge in [0.15, 0.2) is 0 Å². The number of hydrogen-bond donors (Lipinski definition) is 9. The molecule has 0 saturated heterocycles. The van der Waals surface area contributed by atoms with Gasteiger partial charge in [0, 0.05) is 12.8 Å². The molecule has 31 heavy (non-hydrogen) atoms. The van der Waals surface area contributed by atoms with Crippen LogP contribution in [0.5, 0.6) is 0 Å². The van der Waals surface area contributed by atoms with Gasteiger partial charge in [-0.05, 0) is 12.8 Å². The highest BCUT2D eigenvalue weighted by atomic mass is 16.4. The van der Waals surface area contributed by atoms with Gasteiger partial charge in [-0.15, -0.1) is 0 Å². The summed E-state index contributed by atoms with van der Waals surface area (Å²) in [5, 5.41) is 42.2. The van der Waals surface area contributed by atoms with Crippen LogP contribution in [0, 0.1) is 0 Å². The first-order valence-corrected chi connectivity index (χ1v) is 9.04. The van der Waals surface area contributed by atoms with E-state index in [0.717, 1.165) is 0 Å². The minimum absolute atomic E-state index is 0.123. The number of aliphatic carboxylic acids is 2. The highest BCUT2D eigenvalue weighted by Crippen LogP contribution is 2.02. The van der Waals surface area contributed by atoms with Crippen LogP contribution in [0.1, 0.15) is 25.7 Å². The summed E-state index contributed by atoms with van der Waals surface area (Å²) in [6.07, 6.45) is -1.35. The van der Waals surface area contributed by atoms with Crippen molar-refractivity contribution in [1.82, 2.24) is 16.0 Å². The van der Waals surface area contributed by atoms with Crippen LogP contribution in [0.4, 0.5) is 0 Å². The van der Waals surface area contributed by atoms with Crippen molar-refractivity contribution in [2.24, 2.45) is 11.5 Å². The Kier molecular flexibility index (Phi) is 12.4. The highest BCUT2D eigenvalue weighted by Gasteiger charge is 2.30. The van der Waals surface area contributed by atoms with Crippen LogP contribution >= 0.6 is 0 Å². The molecule has 176 valence electrons. The number of carbonyl (C=O) groups is 6. The zero-order chi connectivity index (χ0) is 24.1. The zero-order valence-corrected chi connectivity index (χ0v) is 16.4. The van der Waals surface area contributed by atoms with Crippen molar-refractivity contribution >= 4 is 35.6 Å². The monoisotopic (exact) mass is 449 g/mol. The van der Waals surface area contributed by atoms with Gasteiger partial charge in [0.05, 0.1) is 19.3 Å². The first-order valence-electron chi connectivity index (χ1n) is 9.04. The van der Waals surface area contributed by atoms with Gasteiger partial charge in [0.25, 0.3) is 0 Å². The number of carboxylic acid groups (broad SMARTS) is 2. The molecule has 0 spiro atoms. The molecule has 0 aromatic heterocycles. The van der Waals surface area contributed by atoms with E-state index in [9.17, 15) is 33.9 Å². The van der Waals surface area contributed by atoms with Crippen molar-refractivity contribution < 1.29 is 49.2 Å². The second-order valence-corrected chi connectivity index (χ2v) is 6.43. The summed E-state index contributed by atoms with van der Waals surface area (Å²) in [7, 11) is 0. The van der Waals surface area contributed by atoms with Crippen LogP contribution in [0.2, 0.25) is 0 Å². The second kappa shape index (κ2) is 13.8. The van der Waals surface area contributed by atoms with E-state index < -0.39 is 85.8 Å². The molecule has 0 aromatic carbocycles. The Balaban J connectivity index is 5.19. The van der Waals surface area contributed by atoms with Gasteiger partial charge in [-0.25, -0.2) is 4.79 Å². The number of aliphatic hydroxyl groups excluding tert-OH is 2. The van der Waals surface area contributed by atoms with Crippen LogP contribution in [0.3, 0.4) is 0 Å². The van der Waals surface area contributed by atoms with E-state index in [2.05, 4.69) is 10.6 Å². The van der Waals surface area contributed by atoms with E-state index >= 15 is 0 Å². The van der Waals surface area contributed by atoms with Crippen molar-refractivity contribution in [2.75, 3.05) is 13.2 Å². The molecule has 4 unspecified atom stereocenters. The van der Waals surface area contributed by atoms with Gasteiger partial charge in [-0.1, -0.05) is 0 Å². The third-order valence-electron chi connectivity index (χ3n) is 3.93. The number of carboxylic acids is 2. The zero-order valence-electron chi connectivity index (χ0n) is 16.4. The molecule has 0 radical (unpaired) electrons. The lowest BCUT2D eigenvalue weighted by molar-refractivity contribution is -0.144. The standard InChI is InChI=1S/C16H27N5O10/c17-7(1-3-11(18)24)13(27)20-9(5-22)15(29)19-8(2-4-12(25)26)14(28)21-10(6-23)16(30)31/h7-10,22-23H,1-6,17H2,(H2,18,24)(H,19,29)(H,20,27)(H,21,28)(H,25,26)(H,30,31). The predicted octanol–water partition coefficient (Wildman–Crippen LogP) is -5.03. The molecule has 15 nitrogen and oxygen atoms in total. The fourth-order valence-corrected chi connectivity index (χ4v) is 2.17. The van der Waals surface area contributed by atoms with Crippen LogP contribution in [-0.4, -0.2) is 93.4 Å². The van der Waals surface area contributed by atoms with Crippen molar-refractivity contribution in [3.05, 3.63) is 0 Å². The van der Waals surface area contributed by atoms with E-state index in [1.807, 2.05) is 5.32 Å². The lowest BCUT2D eigenvalue weighted by Gasteiger charge is -2.23. The smallest absolute Gasteiger partial charge is 0.328 e. The molecule has 0 aliphatic rings. The molecule has 4 amide bonds. The van der Waals surface area contributed by atoms with Gasteiger partial charge in [-0.3, -0.25) is 24.0 Å². The summed E-state index contributed by atoms with van der Waals surface area (Å²) >= 11 is 0.